The molecule has 0 aliphatic rings. The topological polar surface area (TPSA) is 70.9 Å². The summed E-state index contributed by atoms with van der Waals surface area (Å²) in [7, 11) is 0. The average Bonchev–Trinajstić information content (AvgIpc) is 2.97. The second-order valence-corrected chi connectivity index (χ2v) is 5.37. The van der Waals surface area contributed by atoms with Crippen LogP contribution in [-0.4, -0.2) is 16.9 Å². The van der Waals surface area contributed by atoms with Gasteiger partial charge in [0, 0.05) is 23.6 Å². The van der Waals surface area contributed by atoms with Crippen LogP contribution in [0.4, 0.5) is 0 Å². The first kappa shape index (κ1) is 17.1. The number of H-pyrrole nitrogens is 1. The van der Waals surface area contributed by atoms with E-state index in [1.165, 1.54) is 0 Å². The van der Waals surface area contributed by atoms with E-state index in [1.807, 2.05) is 60.8 Å². The fourth-order valence-electron chi connectivity index (χ4n) is 2.55. The van der Waals surface area contributed by atoms with Crippen LogP contribution >= 0.6 is 12.4 Å². The van der Waals surface area contributed by atoms with E-state index in [0.717, 1.165) is 22.0 Å². The largest absolute Gasteiger partial charge is 0.361 e. The van der Waals surface area contributed by atoms with Gasteiger partial charge in [-0.1, -0.05) is 48.5 Å². The fourth-order valence-corrected chi connectivity index (χ4v) is 2.55. The fraction of sp³-hybridized carbons (Fsp3) is 0.167. The molecule has 3 aromatic rings. The minimum Gasteiger partial charge on any atom is -0.361 e. The molecule has 1 heterocycles. The highest BCUT2D eigenvalue weighted by atomic mass is 35.5. The van der Waals surface area contributed by atoms with Gasteiger partial charge in [0.15, 0.2) is 0 Å². The van der Waals surface area contributed by atoms with Gasteiger partial charge in [0.05, 0.1) is 6.04 Å². The van der Waals surface area contributed by atoms with E-state index in [2.05, 4.69) is 10.3 Å². The minimum atomic E-state index is -0.553. The molecular weight excluding hydrogens is 310 g/mol. The Kier molecular flexibility index (Phi) is 5.79. The summed E-state index contributed by atoms with van der Waals surface area (Å²) < 4.78 is 0. The lowest BCUT2D eigenvalue weighted by Crippen LogP contribution is -2.41. The number of fused-ring (bicyclic) bond motifs is 1. The summed E-state index contributed by atoms with van der Waals surface area (Å²) in [6, 6.07) is 17.3. The van der Waals surface area contributed by atoms with Gasteiger partial charge in [0.2, 0.25) is 5.91 Å². The molecule has 5 heteroatoms. The van der Waals surface area contributed by atoms with Gasteiger partial charge in [-0.2, -0.15) is 0 Å². The highest BCUT2D eigenvalue weighted by Gasteiger charge is 2.15. The number of para-hydroxylation sites is 1. The number of rotatable bonds is 5. The maximum Gasteiger partial charge on any atom is 0.237 e. The van der Waals surface area contributed by atoms with Gasteiger partial charge in [-0.3, -0.25) is 4.79 Å². The molecule has 0 saturated heterocycles. The van der Waals surface area contributed by atoms with E-state index in [4.69, 9.17) is 5.73 Å². The van der Waals surface area contributed by atoms with Crippen LogP contribution in [0.25, 0.3) is 10.9 Å². The third-order valence-corrected chi connectivity index (χ3v) is 3.76. The molecule has 0 aliphatic heterocycles. The lowest BCUT2D eigenvalue weighted by molar-refractivity contribution is -0.122. The maximum atomic E-state index is 12.1. The summed E-state index contributed by atoms with van der Waals surface area (Å²) in [5.74, 6) is -0.130. The van der Waals surface area contributed by atoms with E-state index in [-0.39, 0.29) is 18.3 Å². The van der Waals surface area contributed by atoms with Crippen molar-refractivity contribution in [2.24, 2.45) is 5.73 Å². The van der Waals surface area contributed by atoms with Gasteiger partial charge in [-0.25, -0.2) is 0 Å². The first-order chi connectivity index (χ1) is 10.7. The van der Waals surface area contributed by atoms with Crippen LogP contribution in [-0.2, 0) is 17.8 Å². The van der Waals surface area contributed by atoms with Crippen LogP contribution < -0.4 is 11.1 Å². The van der Waals surface area contributed by atoms with E-state index >= 15 is 0 Å². The molecular formula is C18H20ClN3O. The molecule has 2 aromatic carbocycles. The Morgan fingerprint density at radius 1 is 1.09 bits per heavy atom. The monoisotopic (exact) mass is 329 g/mol. The number of halogens is 1. The lowest BCUT2D eigenvalue weighted by Gasteiger charge is -2.12. The molecule has 1 aromatic heterocycles. The quantitative estimate of drug-likeness (QED) is 0.673. The van der Waals surface area contributed by atoms with Crippen molar-refractivity contribution in [2.45, 2.75) is 19.0 Å². The standard InChI is InChI=1S/C18H19N3O.ClH/c19-16(18(22)21-11-13-6-2-1-3-7-13)10-14-12-20-17-9-5-4-8-15(14)17;/h1-9,12,16,20H,10-11,19H2,(H,21,22);1H/t16-;/m1./s1. The summed E-state index contributed by atoms with van der Waals surface area (Å²) in [4.78, 5) is 15.3. The van der Waals surface area contributed by atoms with Crippen molar-refractivity contribution in [2.75, 3.05) is 0 Å². The number of amides is 1. The van der Waals surface area contributed by atoms with Crippen LogP contribution in [0, 0.1) is 0 Å². The Bertz CT molecular complexity index is 770. The average molecular weight is 330 g/mol. The number of carbonyl (C=O) groups is 1. The number of hydrogen-bond donors (Lipinski definition) is 3. The van der Waals surface area contributed by atoms with Crippen molar-refractivity contribution in [1.29, 1.82) is 0 Å². The number of aromatic nitrogens is 1. The van der Waals surface area contributed by atoms with Crippen LogP contribution in [0.1, 0.15) is 11.1 Å². The van der Waals surface area contributed by atoms with Crippen LogP contribution in [0.2, 0.25) is 0 Å². The molecule has 0 spiro atoms. The van der Waals surface area contributed by atoms with Crippen molar-refractivity contribution in [3.8, 4) is 0 Å². The predicted molar refractivity (Wildman–Crippen MR) is 95.5 cm³/mol. The first-order valence-electron chi connectivity index (χ1n) is 7.36. The second-order valence-electron chi connectivity index (χ2n) is 5.37. The molecule has 1 atom stereocenters. The first-order valence-corrected chi connectivity index (χ1v) is 7.36. The number of benzene rings is 2. The third kappa shape index (κ3) is 4.12. The van der Waals surface area contributed by atoms with Crippen LogP contribution in [0.5, 0.6) is 0 Å². The zero-order valence-corrected chi connectivity index (χ0v) is 13.5. The van der Waals surface area contributed by atoms with Crippen molar-refractivity contribution < 1.29 is 4.79 Å². The summed E-state index contributed by atoms with van der Waals surface area (Å²) in [6.45, 7) is 0.501. The van der Waals surface area contributed by atoms with Gasteiger partial charge in [0.1, 0.15) is 0 Å². The molecule has 23 heavy (non-hydrogen) atoms. The van der Waals surface area contributed by atoms with E-state index in [9.17, 15) is 4.79 Å². The Hall–Kier alpha value is -2.30. The zero-order valence-electron chi connectivity index (χ0n) is 12.7. The van der Waals surface area contributed by atoms with Gasteiger partial charge < -0.3 is 16.0 Å². The van der Waals surface area contributed by atoms with Crippen molar-refractivity contribution in [1.82, 2.24) is 10.3 Å². The number of nitrogens with two attached hydrogens (primary N) is 1. The molecule has 0 bridgehead atoms. The van der Waals surface area contributed by atoms with E-state index < -0.39 is 6.04 Å². The maximum absolute atomic E-state index is 12.1. The third-order valence-electron chi connectivity index (χ3n) is 3.76. The number of aromatic amines is 1. The smallest absolute Gasteiger partial charge is 0.237 e. The second kappa shape index (κ2) is 7.81. The number of nitrogens with one attached hydrogen (secondary N) is 2. The molecule has 3 rings (SSSR count). The molecule has 1 amide bonds. The Morgan fingerprint density at radius 2 is 1.78 bits per heavy atom. The van der Waals surface area contributed by atoms with Crippen LogP contribution in [0.3, 0.4) is 0 Å². The van der Waals surface area contributed by atoms with Crippen molar-refractivity contribution in [3.63, 3.8) is 0 Å². The number of carbonyl (C=O) groups excluding carboxylic acids is 1. The van der Waals surface area contributed by atoms with Gasteiger partial charge in [-0.15, -0.1) is 12.4 Å². The minimum absolute atomic E-state index is 0. The Labute approximate surface area is 141 Å². The normalized spacial score (nSPS) is 11.7. The molecule has 120 valence electrons. The molecule has 0 fully saturated rings. The van der Waals surface area contributed by atoms with Crippen molar-refractivity contribution >= 4 is 29.2 Å². The SMILES string of the molecule is Cl.N[C@H](Cc1c[nH]c2ccccc12)C(=O)NCc1ccccc1. The molecule has 0 unspecified atom stereocenters. The highest BCUT2D eigenvalue weighted by molar-refractivity contribution is 5.86. The molecule has 0 aliphatic carbocycles. The number of hydrogen-bond acceptors (Lipinski definition) is 2. The van der Waals surface area contributed by atoms with Gasteiger partial charge >= 0.3 is 0 Å². The predicted octanol–water partition coefficient (Wildman–Crippen LogP) is 2.78. The van der Waals surface area contributed by atoms with Gasteiger partial charge in [0.25, 0.3) is 0 Å². The van der Waals surface area contributed by atoms with E-state index in [1.54, 1.807) is 0 Å². The highest BCUT2D eigenvalue weighted by Crippen LogP contribution is 2.18. The lowest BCUT2D eigenvalue weighted by atomic mass is 10.0. The molecule has 0 saturated carbocycles. The van der Waals surface area contributed by atoms with Crippen LogP contribution in [0.15, 0.2) is 60.8 Å². The zero-order chi connectivity index (χ0) is 15.4. The molecule has 4 nitrogen and oxygen atoms in total. The van der Waals surface area contributed by atoms with Gasteiger partial charge in [-0.05, 0) is 23.6 Å². The Balaban J connectivity index is 0.00000192. The summed E-state index contributed by atoms with van der Waals surface area (Å²) >= 11 is 0. The molecule has 4 N–H and O–H groups in total. The summed E-state index contributed by atoms with van der Waals surface area (Å²) in [5, 5.41) is 4.00. The van der Waals surface area contributed by atoms with Crippen molar-refractivity contribution in [3.05, 3.63) is 71.9 Å². The van der Waals surface area contributed by atoms with E-state index in [0.29, 0.717) is 13.0 Å². The summed E-state index contributed by atoms with van der Waals surface area (Å²) in [5.41, 5.74) is 9.23. The summed E-state index contributed by atoms with van der Waals surface area (Å²) in [6.07, 6.45) is 2.44. The molecule has 0 radical (unpaired) electrons. The Morgan fingerprint density at radius 3 is 2.57 bits per heavy atom.